The van der Waals surface area contributed by atoms with Gasteiger partial charge in [0.05, 0.1) is 5.69 Å². The Balaban J connectivity index is 2.14. The van der Waals surface area contributed by atoms with Crippen molar-refractivity contribution < 1.29 is 0 Å². The monoisotopic (exact) mass is 361 g/mol. The summed E-state index contributed by atoms with van der Waals surface area (Å²) in [7, 11) is 0. The maximum atomic E-state index is 4.48. The molecular formula is C12H17Br2N3. The third kappa shape index (κ3) is 3.28. The number of rotatable bonds is 2. The number of hydrogen-bond donors (Lipinski definition) is 1. The number of nitrogens with one attached hydrogen (secondary N) is 1. The molecule has 1 saturated heterocycles. The predicted octanol–water partition coefficient (Wildman–Crippen LogP) is 2.79. The fourth-order valence-corrected chi connectivity index (χ4v) is 3.17. The van der Waals surface area contributed by atoms with Gasteiger partial charge in [-0.1, -0.05) is 0 Å². The summed E-state index contributed by atoms with van der Waals surface area (Å²) < 4.78 is 2.08. The van der Waals surface area contributed by atoms with Gasteiger partial charge in [-0.15, -0.1) is 0 Å². The van der Waals surface area contributed by atoms with E-state index in [0.717, 1.165) is 40.8 Å². The van der Waals surface area contributed by atoms with Crippen molar-refractivity contribution in [1.29, 1.82) is 0 Å². The first-order valence-corrected chi connectivity index (χ1v) is 7.33. The molecule has 0 amide bonds. The molecule has 1 aliphatic heterocycles. The van der Waals surface area contributed by atoms with Crippen LogP contribution in [0.5, 0.6) is 0 Å². The Kier molecular flexibility index (Phi) is 4.23. The molecule has 1 N–H and O–H groups in total. The van der Waals surface area contributed by atoms with Crippen molar-refractivity contribution in [2.24, 2.45) is 0 Å². The van der Waals surface area contributed by atoms with Gasteiger partial charge in [0.1, 0.15) is 0 Å². The standard InChI is InChI=1S/C12H17Br2N3/c1-12(2)8-15-3-4-17(12)7-11-10(14)5-9(13)6-16-11/h5-6,15H,3-4,7-8H2,1-2H3. The van der Waals surface area contributed by atoms with Crippen LogP contribution in [-0.4, -0.2) is 35.1 Å². The topological polar surface area (TPSA) is 28.2 Å². The van der Waals surface area contributed by atoms with Gasteiger partial charge in [-0.05, 0) is 51.8 Å². The number of nitrogens with zero attached hydrogens (tertiary/aromatic N) is 2. The third-order valence-electron chi connectivity index (χ3n) is 3.20. The van der Waals surface area contributed by atoms with Gasteiger partial charge in [-0.3, -0.25) is 9.88 Å². The van der Waals surface area contributed by atoms with E-state index >= 15 is 0 Å². The summed E-state index contributed by atoms with van der Waals surface area (Å²) in [5.41, 5.74) is 1.29. The van der Waals surface area contributed by atoms with E-state index in [9.17, 15) is 0 Å². The maximum absolute atomic E-state index is 4.48. The Morgan fingerprint density at radius 3 is 2.88 bits per heavy atom. The molecule has 0 saturated carbocycles. The van der Waals surface area contributed by atoms with Crippen LogP contribution in [0.1, 0.15) is 19.5 Å². The zero-order valence-corrected chi connectivity index (χ0v) is 13.3. The molecule has 1 aromatic heterocycles. The Morgan fingerprint density at radius 1 is 1.47 bits per heavy atom. The highest BCUT2D eigenvalue weighted by molar-refractivity contribution is 9.11. The van der Waals surface area contributed by atoms with E-state index in [1.165, 1.54) is 0 Å². The van der Waals surface area contributed by atoms with E-state index in [1.54, 1.807) is 0 Å². The second kappa shape index (κ2) is 5.34. The molecule has 2 rings (SSSR count). The molecule has 1 fully saturated rings. The summed E-state index contributed by atoms with van der Waals surface area (Å²) in [6.07, 6.45) is 1.86. The van der Waals surface area contributed by atoms with E-state index in [4.69, 9.17) is 0 Å². The first-order chi connectivity index (χ1) is 7.99. The molecule has 0 aromatic carbocycles. The molecule has 0 atom stereocenters. The summed E-state index contributed by atoms with van der Waals surface area (Å²) in [4.78, 5) is 6.96. The lowest BCUT2D eigenvalue weighted by Crippen LogP contribution is -2.57. The van der Waals surface area contributed by atoms with Crippen molar-refractivity contribution in [3.63, 3.8) is 0 Å². The van der Waals surface area contributed by atoms with E-state index in [1.807, 2.05) is 6.20 Å². The van der Waals surface area contributed by atoms with Gasteiger partial charge in [0.25, 0.3) is 0 Å². The Morgan fingerprint density at radius 2 is 2.24 bits per heavy atom. The van der Waals surface area contributed by atoms with Crippen LogP contribution >= 0.6 is 31.9 Å². The van der Waals surface area contributed by atoms with Crippen molar-refractivity contribution in [2.75, 3.05) is 19.6 Å². The van der Waals surface area contributed by atoms with Crippen molar-refractivity contribution in [2.45, 2.75) is 25.9 Å². The Labute approximate surface area is 119 Å². The zero-order valence-electron chi connectivity index (χ0n) is 10.1. The SMILES string of the molecule is CC1(C)CNCCN1Cc1ncc(Br)cc1Br. The lowest BCUT2D eigenvalue weighted by Gasteiger charge is -2.42. The lowest BCUT2D eigenvalue weighted by atomic mass is 10.00. The minimum Gasteiger partial charge on any atom is -0.314 e. The summed E-state index contributed by atoms with van der Waals surface area (Å²) in [5, 5.41) is 3.43. The molecule has 1 aliphatic rings. The Hall–Kier alpha value is 0.0300. The second-order valence-corrected chi connectivity index (χ2v) is 6.76. The predicted molar refractivity (Wildman–Crippen MR) is 77.0 cm³/mol. The number of piperazine rings is 1. The molecule has 0 radical (unpaired) electrons. The quantitative estimate of drug-likeness (QED) is 0.876. The summed E-state index contributed by atoms with van der Waals surface area (Å²) in [6.45, 7) is 8.58. The van der Waals surface area contributed by atoms with E-state index in [0.29, 0.717) is 0 Å². The molecule has 17 heavy (non-hydrogen) atoms. The van der Waals surface area contributed by atoms with Crippen molar-refractivity contribution in [3.05, 3.63) is 26.9 Å². The lowest BCUT2D eigenvalue weighted by molar-refractivity contribution is 0.0812. The highest BCUT2D eigenvalue weighted by Gasteiger charge is 2.29. The smallest absolute Gasteiger partial charge is 0.0686 e. The van der Waals surface area contributed by atoms with Gasteiger partial charge in [0.15, 0.2) is 0 Å². The van der Waals surface area contributed by atoms with Gasteiger partial charge in [-0.2, -0.15) is 0 Å². The van der Waals surface area contributed by atoms with E-state index in [-0.39, 0.29) is 5.54 Å². The molecule has 0 unspecified atom stereocenters. The van der Waals surface area contributed by atoms with Crippen LogP contribution in [0.2, 0.25) is 0 Å². The minimum atomic E-state index is 0.187. The molecule has 5 heteroatoms. The first kappa shape index (κ1) is 13.5. The van der Waals surface area contributed by atoms with E-state index < -0.39 is 0 Å². The van der Waals surface area contributed by atoms with E-state index in [2.05, 4.69) is 67.0 Å². The van der Waals surface area contributed by atoms with Gasteiger partial charge in [-0.25, -0.2) is 0 Å². The number of halogens is 2. The van der Waals surface area contributed by atoms with Crippen molar-refractivity contribution in [3.8, 4) is 0 Å². The van der Waals surface area contributed by atoms with Crippen LogP contribution in [0, 0.1) is 0 Å². The minimum absolute atomic E-state index is 0.187. The summed E-state index contributed by atoms with van der Waals surface area (Å²) >= 11 is 7.00. The molecule has 94 valence electrons. The molecule has 1 aromatic rings. The third-order valence-corrected chi connectivity index (χ3v) is 4.32. The van der Waals surface area contributed by atoms with Crippen LogP contribution in [0.3, 0.4) is 0 Å². The number of pyridine rings is 1. The highest BCUT2D eigenvalue weighted by atomic mass is 79.9. The largest absolute Gasteiger partial charge is 0.314 e. The average Bonchev–Trinajstić information content (AvgIpc) is 2.24. The van der Waals surface area contributed by atoms with Crippen molar-refractivity contribution >= 4 is 31.9 Å². The first-order valence-electron chi connectivity index (χ1n) is 5.75. The molecule has 2 heterocycles. The second-order valence-electron chi connectivity index (χ2n) is 4.99. The molecule has 0 spiro atoms. The van der Waals surface area contributed by atoms with Crippen LogP contribution < -0.4 is 5.32 Å². The fraction of sp³-hybridized carbons (Fsp3) is 0.583. The summed E-state index contributed by atoms with van der Waals surface area (Å²) in [5.74, 6) is 0. The highest BCUT2D eigenvalue weighted by Crippen LogP contribution is 2.24. The Bertz CT molecular complexity index is 407. The van der Waals surface area contributed by atoms with Gasteiger partial charge < -0.3 is 5.32 Å². The van der Waals surface area contributed by atoms with Crippen LogP contribution in [0.15, 0.2) is 21.2 Å². The van der Waals surface area contributed by atoms with Gasteiger partial charge in [0.2, 0.25) is 0 Å². The normalized spacial score (nSPS) is 20.5. The van der Waals surface area contributed by atoms with Crippen LogP contribution in [0.4, 0.5) is 0 Å². The number of aromatic nitrogens is 1. The molecule has 0 bridgehead atoms. The molecular weight excluding hydrogens is 346 g/mol. The van der Waals surface area contributed by atoms with Gasteiger partial charge in [0, 0.05) is 46.9 Å². The number of hydrogen-bond acceptors (Lipinski definition) is 3. The van der Waals surface area contributed by atoms with Gasteiger partial charge >= 0.3 is 0 Å². The van der Waals surface area contributed by atoms with Crippen molar-refractivity contribution in [1.82, 2.24) is 15.2 Å². The van der Waals surface area contributed by atoms with Crippen LogP contribution in [-0.2, 0) is 6.54 Å². The molecule has 3 nitrogen and oxygen atoms in total. The maximum Gasteiger partial charge on any atom is 0.0686 e. The zero-order chi connectivity index (χ0) is 12.5. The average molecular weight is 363 g/mol. The summed E-state index contributed by atoms with van der Waals surface area (Å²) in [6, 6.07) is 2.05. The fourth-order valence-electron chi connectivity index (χ4n) is 2.06. The molecule has 0 aliphatic carbocycles. The van der Waals surface area contributed by atoms with Crippen LogP contribution in [0.25, 0.3) is 0 Å².